The molecule has 0 heterocycles. The molecule has 1 aromatic rings. The van der Waals surface area contributed by atoms with Crippen LogP contribution in [0.5, 0.6) is 5.75 Å². The van der Waals surface area contributed by atoms with E-state index < -0.39 is 20.1 Å². The number of phenolic OH excluding ortho intramolecular Hbond substituents is 1. The van der Waals surface area contributed by atoms with Gasteiger partial charge in [-0.2, -0.15) is 0 Å². The van der Waals surface area contributed by atoms with Crippen LogP contribution in [0.4, 0.5) is 0 Å². The highest BCUT2D eigenvalue weighted by molar-refractivity contribution is 7.77. The molecular weight excluding hydrogens is 310 g/mol. The monoisotopic (exact) mass is 334 g/mol. The van der Waals surface area contributed by atoms with E-state index in [0.717, 1.165) is 5.56 Å². The van der Waals surface area contributed by atoms with Crippen LogP contribution in [-0.2, 0) is 24.6 Å². The zero-order valence-electron chi connectivity index (χ0n) is 13.0. The summed E-state index contributed by atoms with van der Waals surface area (Å²) in [6, 6.07) is 6.55. The Bertz CT molecular complexity index is 525. The fourth-order valence-corrected chi connectivity index (χ4v) is 7.43. The molecule has 0 aliphatic carbocycles. The second kappa shape index (κ2) is 7.60. The molecule has 0 fully saturated rings. The van der Waals surface area contributed by atoms with E-state index >= 15 is 0 Å². The Balaban J connectivity index is 3.13. The Morgan fingerprint density at radius 1 is 1.05 bits per heavy atom. The van der Waals surface area contributed by atoms with Crippen LogP contribution in [0, 0.1) is 0 Å². The molecule has 1 aromatic carbocycles. The Morgan fingerprint density at radius 2 is 1.52 bits per heavy atom. The van der Waals surface area contributed by atoms with E-state index in [2.05, 4.69) is 0 Å². The summed E-state index contributed by atoms with van der Waals surface area (Å²) in [4.78, 5) is 0. The first-order chi connectivity index (χ1) is 9.73. The average molecular weight is 334 g/mol. The maximum absolute atomic E-state index is 13.0. The van der Waals surface area contributed by atoms with Gasteiger partial charge in [-0.25, -0.2) is 0 Å². The molecule has 1 N–H and O–H groups in total. The molecule has 0 spiro atoms. The summed E-state index contributed by atoms with van der Waals surface area (Å²) in [6.07, 6.45) is 0.321. The molecule has 1 atom stereocenters. The fourth-order valence-electron chi connectivity index (χ4n) is 2.08. The van der Waals surface area contributed by atoms with E-state index in [4.69, 9.17) is 9.05 Å². The summed E-state index contributed by atoms with van der Waals surface area (Å²) in [5.41, 5.74) is 0.835. The van der Waals surface area contributed by atoms with Gasteiger partial charge >= 0.3 is 7.60 Å². The summed E-state index contributed by atoms with van der Waals surface area (Å²) in [5.74, 6) is 0.157. The lowest BCUT2D eigenvalue weighted by Crippen LogP contribution is -2.16. The van der Waals surface area contributed by atoms with Gasteiger partial charge < -0.3 is 18.7 Å². The molecular formula is C14H24O5P2. The third-order valence-corrected chi connectivity index (χ3v) is 9.34. The van der Waals surface area contributed by atoms with E-state index in [1.165, 1.54) is 0 Å². The van der Waals surface area contributed by atoms with Crippen molar-refractivity contribution in [3.63, 3.8) is 0 Å². The number of aromatic hydroxyl groups is 1. The van der Waals surface area contributed by atoms with Crippen molar-refractivity contribution in [3.05, 3.63) is 29.8 Å². The van der Waals surface area contributed by atoms with Gasteiger partial charge in [-0.3, -0.25) is 4.57 Å². The molecule has 0 saturated carbocycles. The van der Waals surface area contributed by atoms with Gasteiger partial charge in [0.15, 0.2) is 0 Å². The molecule has 1 unspecified atom stereocenters. The third-order valence-electron chi connectivity index (χ3n) is 3.06. The number of rotatable bonds is 8. The Morgan fingerprint density at radius 3 is 1.90 bits per heavy atom. The van der Waals surface area contributed by atoms with E-state index in [1.807, 2.05) is 0 Å². The van der Waals surface area contributed by atoms with Crippen LogP contribution in [-0.4, -0.2) is 37.1 Å². The first-order valence-corrected chi connectivity index (χ1v) is 11.2. The normalized spacial score (nSPS) is 14.1. The zero-order chi connectivity index (χ0) is 16.1. The van der Waals surface area contributed by atoms with Crippen molar-refractivity contribution in [1.29, 1.82) is 0 Å². The molecule has 0 amide bonds. The minimum Gasteiger partial charge on any atom is -0.508 e. The molecule has 0 aliphatic rings. The van der Waals surface area contributed by atoms with Gasteiger partial charge in [0.1, 0.15) is 11.1 Å². The van der Waals surface area contributed by atoms with Gasteiger partial charge in [0.2, 0.25) is 0 Å². The molecule has 7 heteroatoms. The third kappa shape index (κ3) is 5.27. The van der Waals surface area contributed by atoms with Crippen molar-refractivity contribution in [2.45, 2.75) is 25.7 Å². The van der Waals surface area contributed by atoms with E-state index in [-0.39, 0.29) is 19.0 Å². The smallest absolute Gasteiger partial charge is 0.341 e. The summed E-state index contributed by atoms with van der Waals surface area (Å²) < 4.78 is 36.3. The van der Waals surface area contributed by atoms with Gasteiger partial charge in [-0.15, -0.1) is 0 Å². The van der Waals surface area contributed by atoms with Gasteiger partial charge in [0.05, 0.1) is 20.4 Å². The minimum absolute atomic E-state index is 0.157. The summed E-state index contributed by atoms with van der Waals surface area (Å²) in [6.45, 7) is 7.15. The summed E-state index contributed by atoms with van der Waals surface area (Å²) in [7, 11) is -6.16. The first kappa shape index (κ1) is 18.4. The molecule has 0 bridgehead atoms. The van der Waals surface area contributed by atoms with Crippen molar-refractivity contribution in [3.8, 4) is 5.75 Å². The average Bonchev–Trinajstić information content (AvgIpc) is 2.37. The number of phenols is 1. The summed E-state index contributed by atoms with van der Waals surface area (Å²) >= 11 is 0. The van der Waals surface area contributed by atoms with Crippen LogP contribution in [0.1, 0.15) is 19.4 Å². The molecule has 21 heavy (non-hydrogen) atoms. The second-order valence-corrected chi connectivity index (χ2v) is 11.3. The second-order valence-electron chi connectivity index (χ2n) is 5.16. The van der Waals surface area contributed by atoms with Crippen LogP contribution >= 0.6 is 14.7 Å². The molecule has 0 aliphatic heterocycles. The molecule has 120 valence electrons. The number of hydrogen-bond acceptors (Lipinski definition) is 5. The molecule has 0 aromatic heterocycles. The zero-order valence-corrected chi connectivity index (χ0v) is 14.8. The van der Waals surface area contributed by atoms with Crippen molar-refractivity contribution in [2.75, 3.05) is 26.5 Å². The number of benzene rings is 1. The Hall–Kier alpha value is -0.600. The maximum atomic E-state index is 13.0. The highest BCUT2D eigenvalue weighted by Crippen LogP contribution is 2.67. The first-order valence-electron chi connectivity index (χ1n) is 6.94. The minimum atomic E-state index is -3.45. The van der Waals surface area contributed by atoms with Crippen molar-refractivity contribution in [2.24, 2.45) is 0 Å². The molecule has 0 saturated heterocycles. The van der Waals surface area contributed by atoms with Crippen LogP contribution in [0.2, 0.25) is 0 Å². The number of hydrogen-bond donors (Lipinski definition) is 1. The molecule has 0 radical (unpaired) electrons. The van der Waals surface area contributed by atoms with Crippen LogP contribution in [0.15, 0.2) is 24.3 Å². The maximum Gasteiger partial charge on any atom is 0.341 e. The highest BCUT2D eigenvalue weighted by Gasteiger charge is 2.43. The largest absolute Gasteiger partial charge is 0.508 e. The molecule has 1 rings (SSSR count). The fraction of sp³-hybridized carbons (Fsp3) is 0.571. The van der Waals surface area contributed by atoms with Gasteiger partial charge in [-0.05, 0) is 51.3 Å². The van der Waals surface area contributed by atoms with Crippen LogP contribution in [0.3, 0.4) is 0 Å². The predicted molar refractivity (Wildman–Crippen MR) is 85.9 cm³/mol. The highest BCUT2D eigenvalue weighted by atomic mass is 31.2. The van der Waals surface area contributed by atoms with Crippen molar-refractivity contribution in [1.82, 2.24) is 0 Å². The topological polar surface area (TPSA) is 72.8 Å². The van der Waals surface area contributed by atoms with E-state index in [0.29, 0.717) is 6.42 Å². The van der Waals surface area contributed by atoms with Crippen molar-refractivity contribution >= 4 is 14.7 Å². The lowest BCUT2D eigenvalue weighted by atomic mass is 10.2. The Labute approximate surface area is 126 Å². The van der Waals surface area contributed by atoms with E-state index in [1.54, 1.807) is 51.4 Å². The summed E-state index contributed by atoms with van der Waals surface area (Å²) in [5, 5.41) is 8.63. The quantitative estimate of drug-likeness (QED) is 0.723. The lowest BCUT2D eigenvalue weighted by molar-refractivity contribution is 0.217. The SMILES string of the molecule is CCOP(=O)(OCC)C(Cc1ccc(O)cc1)P(C)(C)=O. The lowest BCUT2D eigenvalue weighted by Gasteiger charge is -2.29. The predicted octanol–water partition coefficient (Wildman–Crippen LogP) is 4.15. The standard InChI is InChI=1S/C14H24O5P2/c1-5-18-21(17,19-6-2)14(20(3,4)16)11-12-7-9-13(15)10-8-12/h7-10,14-15H,5-6,11H2,1-4H3. The van der Waals surface area contributed by atoms with Crippen molar-refractivity contribution < 1.29 is 23.3 Å². The van der Waals surface area contributed by atoms with Gasteiger partial charge in [0.25, 0.3) is 0 Å². The van der Waals surface area contributed by atoms with E-state index in [9.17, 15) is 14.2 Å². The molecule has 5 nitrogen and oxygen atoms in total. The van der Waals surface area contributed by atoms with Crippen LogP contribution < -0.4 is 0 Å². The van der Waals surface area contributed by atoms with Gasteiger partial charge in [-0.1, -0.05) is 12.1 Å². The van der Waals surface area contributed by atoms with Crippen LogP contribution in [0.25, 0.3) is 0 Å². The Kier molecular flexibility index (Phi) is 6.68. The van der Waals surface area contributed by atoms with Gasteiger partial charge in [0, 0.05) is 0 Å².